The fourth-order valence-corrected chi connectivity index (χ4v) is 2.10. The zero-order chi connectivity index (χ0) is 9.42. The molecule has 2 rings (SSSR count). The van der Waals surface area contributed by atoms with Gasteiger partial charge in [-0.25, -0.2) is 4.79 Å². The van der Waals surface area contributed by atoms with E-state index in [-0.39, 0.29) is 17.3 Å². The lowest BCUT2D eigenvalue weighted by Crippen LogP contribution is -2.05. The van der Waals surface area contributed by atoms with Crippen molar-refractivity contribution in [3.05, 3.63) is 21.9 Å². The fraction of sp³-hybridized carbons (Fsp3) is 0.333. The highest BCUT2D eigenvalue weighted by molar-refractivity contribution is 7.12. The van der Waals surface area contributed by atoms with Gasteiger partial charge in [0.15, 0.2) is 5.78 Å². The maximum atomic E-state index is 11.5. The van der Waals surface area contributed by atoms with Crippen LogP contribution in [-0.4, -0.2) is 16.9 Å². The maximum absolute atomic E-state index is 11.5. The Morgan fingerprint density at radius 1 is 1.46 bits per heavy atom. The van der Waals surface area contributed by atoms with Crippen LogP contribution in [0.2, 0.25) is 0 Å². The smallest absolute Gasteiger partial charge is 0.337 e. The highest BCUT2D eigenvalue weighted by atomic mass is 32.1. The maximum Gasteiger partial charge on any atom is 0.337 e. The molecule has 0 atom stereocenters. The number of ketones is 1. The molecule has 1 fully saturated rings. The third-order valence-corrected chi connectivity index (χ3v) is 3.00. The van der Waals surface area contributed by atoms with Gasteiger partial charge in [-0.2, -0.15) is 0 Å². The van der Waals surface area contributed by atoms with Crippen molar-refractivity contribution < 1.29 is 14.7 Å². The summed E-state index contributed by atoms with van der Waals surface area (Å²) in [6, 6.07) is 1.49. The lowest BCUT2D eigenvalue weighted by atomic mass is 10.1. The van der Waals surface area contributed by atoms with Gasteiger partial charge in [-0.05, 0) is 24.3 Å². The first-order chi connectivity index (χ1) is 6.20. The second-order valence-electron chi connectivity index (χ2n) is 3.11. The molecule has 0 amide bonds. The first-order valence-electron chi connectivity index (χ1n) is 4.05. The molecule has 4 heteroatoms. The number of rotatable bonds is 3. The van der Waals surface area contributed by atoms with E-state index in [0.29, 0.717) is 4.88 Å². The molecule has 1 aliphatic carbocycles. The van der Waals surface area contributed by atoms with Crippen LogP contribution in [0.3, 0.4) is 0 Å². The van der Waals surface area contributed by atoms with Crippen molar-refractivity contribution in [2.75, 3.05) is 0 Å². The fourth-order valence-electron chi connectivity index (χ4n) is 1.20. The summed E-state index contributed by atoms with van der Waals surface area (Å²) in [4.78, 5) is 22.6. The van der Waals surface area contributed by atoms with Gasteiger partial charge in [0.2, 0.25) is 0 Å². The van der Waals surface area contributed by atoms with Crippen LogP contribution in [0, 0.1) is 5.92 Å². The molecule has 68 valence electrons. The van der Waals surface area contributed by atoms with Gasteiger partial charge in [0.1, 0.15) is 0 Å². The zero-order valence-electron chi connectivity index (χ0n) is 6.82. The molecular weight excluding hydrogens is 188 g/mol. The number of carboxylic acids is 1. The van der Waals surface area contributed by atoms with Gasteiger partial charge < -0.3 is 5.11 Å². The number of aromatic carboxylic acids is 1. The van der Waals surface area contributed by atoms with E-state index in [0.717, 1.165) is 12.8 Å². The van der Waals surface area contributed by atoms with Crippen molar-refractivity contribution in [3.8, 4) is 0 Å². The number of carbonyl (C=O) groups is 2. The molecule has 3 nitrogen and oxygen atoms in total. The number of carboxylic acid groups (broad SMARTS) is 1. The minimum atomic E-state index is -1.01. The number of hydrogen-bond donors (Lipinski definition) is 1. The second kappa shape index (κ2) is 2.96. The minimum Gasteiger partial charge on any atom is -0.478 e. The lowest BCUT2D eigenvalue weighted by molar-refractivity contribution is 0.0692. The van der Waals surface area contributed by atoms with E-state index in [1.165, 1.54) is 17.4 Å². The van der Waals surface area contributed by atoms with Gasteiger partial charge in [-0.1, -0.05) is 0 Å². The average molecular weight is 196 g/mol. The van der Waals surface area contributed by atoms with Gasteiger partial charge in [-0.3, -0.25) is 4.79 Å². The average Bonchev–Trinajstić information content (AvgIpc) is 2.80. The first-order valence-corrected chi connectivity index (χ1v) is 4.93. The van der Waals surface area contributed by atoms with E-state index < -0.39 is 5.97 Å². The Morgan fingerprint density at radius 2 is 2.15 bits per heavy atom. The highest BCUT2D eigenvalue weighted by Crippen LogP contribution is 2.35. The van der Waals surface area contributed by atoms with Crippen LogP contribution in [0.4, 0.5) is 0 Å². The highest BCUT2D eigenvalue weighted by Gasteiger charge is 2.33. The molecule has 1 aromatic rings. The Balaban J connectivity index is 2.33. The van der Waals surface area contributed by atoms with E-state index >= 15 is 0 Å². The molecular formula is C9H8O3S. The Kier molecular flexibility index (Phi) is 1.92. The van der Waals surface area contributed by atoms with Crippen LogP contribution < -0.4 is 0 Å². The van der Waals surface area contributed by atoms with Gasteiger partial charge in [0.05, 0.1) is 10.4 Å². The zero-order valence-corrected chi connectivity index (χ0v) is 7.63. The van der Waals surface area contributed by atoms with Crippen molar-refractivity contribution in [1.82, 2.24) is 0 Å². The van der Waals surface area contributed by atoms with Crippen LogP contribution in [0.5, 0.6) is 0 Å². The summed E-state index contributed by atoms with van der Waals surface area (Å²) in [5.74, 6) is -0.908. The quantitative estimate of drug-likeness (QED) is 0.752. The van der Waals surface area contributed by atoms with Crippen molar-refractivity contribution in [2.45, 2.75) is 12.8 Å². The predicted octanol–water partition coefficient (Wildman–Crippen LogP) is 2.04. The summed E-state index contributed by atoms with van der Waals surface area (Å²) in [7, 11) is 0. The van der Waals surface area contributed by atoms with Crippen LogP contribution in [-0.2, 0) is 0 Å². The molecule has 1 N–H and O–H groups in total. The van der Waals surface area contributed by atoms with Crippen LogP contribution in [0.15, 0.2) is 11.4 Å². The molecule has 1 heterocycles. The number of thiophene rings is 1. The van der Waals surface area contributed by atoms with Gasteiger partial charge >= 0.3 is 5.97 Å². The Morgan fingerprint density at radius 3 is 2.69 bits per heavy atom. The molecule has 1 saturated carbocycles. The number of hydrogen-bond acceptors (Lipinski definition) is 3. The Bertz CT molecular complexity index is 363. The van der Waals surface area contributed by atoms with Crippen LogP contribution >= 0.6 is 11.3 Å². The largest absolute Gasteiger partial charge is 0.478 e. The molecule has 1 aliphatic rings. The normalized spacial score (nSPS) is 15.7. The van der Waals surface area contributed by atoms with Crippen LogP contribution in [0.25, 0.3) is 0 Å². The summed E-state index contributed by atoms with van der Waals surface area (Å²) in [5.41, 5.74) is 0.155. The number of Topliss-reactive ketones (excluding diaryl/α,β-unsaturated/α-hetero) is 1. The molecule has 0 radical (unpaired) electrons. The van der Waals surface area contributed by atoms with Crippen molar-refractivity contribution in [3.63, 3.8) is 0 Å². The van der Waals surface area contributed by atoms with E-state index in [2.05, 4.69) is 0 Å². The molecule has 0 saturated heterocycles. The van der Waals surface area contributed by atoms with Gasteiger partial charge in [0.25, 0.3) is 0 Å². The summed E-state index contributed by atoms with van der Waals surface area (Å²) in [6.45, 7) is 0. The molecule has 0 bridgehead atoms. The molecule has 0 aromatic carbocycles. The van der Waals surface area contributed by atoms with E-state index in [1.807, 2.05) is 0 Å². The molecule has 1 aromatic heterocycles. The molecule has 0 spiro atoms. The SMILES string of the molecule is O=C(O)c1ccsc1C(=O)C1CC1. The van der Waals surface area contributed by atoms with Gasteiger partial charge in [0, 0.05) is 5.92 Å². The van der Waals surface area contributed by atoms with E-state index in [9.17, 15) is 9.59 Å². The first kappa shape index (κ1) is 8.44. The predicted molar refractivity (Wildman–Crippen MR) is 48.3 cm³/mol. The monoisotopic (exact) mass is 196 g/mol. The molecule has 0 aliphatic heterocycles. The summed E-state index contributed by atoms with van der Waals surface area (Å²) in [6.07, 6.45) is 1.82. The second-order valence-corrected chi connectivity index (χ2v) is 4.02. The van der Waals surface area contributed by atoms with Crippen molar-refractivity contribution in [2.24, 2.45) is 5.92 Å². The standard InChI is InChI=1S/C9H8O3S/c10-7(5-1-2-5)8-6(9(11)12)3-4-13-8/h3-5H,1-2H2,(H,11,12). The lowest BCUT2D eigenvalue weighted by Gasteiger charge is -1.95. The van der Waals surface area contributed by atoms with Gasteiger partial charge in [-0.15, -0.1) is 11.3 Å². The van der Waals surface area contributed by atoms with E-state index in [4.69, 9.17) is 5.11 Å². The van der Waals surface area contributed by atoms with E-state index in [1.54, 1.807) is 5.38 Å². The third-order valence-electron chi connectivity index (χ3n) is 2.07. The molecule has 13 heavy (non-hydrogen) atoms. The molecule has 0 unspecified atom stereocenters. The Hall–Kier alpha value is -1.16. The topological polar surface area (TPSA) is 54.4 Å². The summed E-state index contributed by atoms with van der Waals surface area (Å²) < 4.78 is 0. The van der Waals surface area contributed by atoms with Crippen molar-refractivity contribution >= 4 is 23.1 Å². The minimum absolute atomic E-state index is 0.00685. The third kappa shape index (κ3) is 1.49. The number of carbonyl (C=O) groups excluding carboxylic acids is 1. The Labute approximate surface area is 79.0 Å². The summed E-state index contributed by atoms with van der Waals surface area (Å²) >= 11 is 1.22. The van der Waals surface area contributed by atoms with Crippen LogP contribution in [0.1, 0.15) is 32.9 Å². The van der Waals surface area contributed by atoms with Crippen molar-refractivity contribution in [1.29, 1.82) is 0 Å². The summed E-state index contributed by atoms with van der Waals surface area (Å²) in [5, 5.41) is 10.4.